The van der Waals surface area contributed by atoms with Crippen molar-refractivity contribution < 1.29 is 4.79 Å². The van der Waals surface area contributed by atoms with Crippen molar-refractivity contribution in [2.45, 2.75) is 20.0 Å². The van der Waals surface area contributed by atoms with Gasteiger partial charge in [0.2, 0.25) is 0 Å². The lowest BCUT2D eigenvalue weighted by Crippen LogP contribution is -2.18. The van der Waals surface area contributed by atoms with Gasteiger partial charge in [-0.3, -0.25) is 4.79 Å². The molecule has 0 saturated heterocycles. The standard InChI is InChI=1S/C17H19ClN2O/c1-12-9-16(18)8-7-15(12)11-20-10-13-3-5-14(6-4-13)17(21)19-2/h3-9,20H,10-11H2,1-2H3,(H,19,21). The molecule has 0 heterocycles. The fourth-order valence-electron chi connectivity index (χ4n) is 2.12. The van der Waals surface area contributed by atoms with Crippen molar-refractivity contribution in [2.75, 3.05) is 7.05 Å². The summed E-state index contributed by atoms with van der Waals surface area (Å²) in [6.07, 6.45) is 0. The van der Waals surface area contributed by atoms with Crippen LogP contribution in [-0.4, -0.2) is 13.0 Å². The van der Waals surface area contributed by atoms with Crippen LogP contribution in [0.25, 0.3) is 0 Å². The lowest BCUT2D eigenvalue weighted by atomic mass is 10.1. The van der Waals surface area contributed by atoms with E-state index in [0.717, 1.165) is 23.7 Å². The SMILES string of the molecule is CNC(=O)c1ccc(CNCc2ccc(Cl)cc2C)cc1. The van der Waals surface area contributed by atoms with E-state index in [1.807, 2.05) is 42.5 Å². The zero-order valence-electron chi connectivity index (χ0n) is 12.2. The first kappa shape index (κ1) is 15.5. The Hall–Kier alpha value is -1.84. The van der Waals surface area contributed by atoms with E-state index in [2.05, 4.69) is 17.6 Å². The lowest BCUT2D eigenvalue weighted by molar-refractivity contribution is 0.0963. The topological polar surface area (TPSA) is 41.1 Å². The molecule has 4 heteroatoms. The maximum Gasteiger partial charge on any atom is 0.251 e. The highest BCUT2D eigenvalue weighted by atomic mass is 35.5. The zero-order valence-corrected chi connectivity index (χ0v) is 13.0. The quantitative estimate of drug-likeness (QED) is 0.890. The van der Waals surface area contributed by atoms with Crippen LogP contribution < -0.4 is 10.6 Å². The van der Waals surface area contributed by atoms with Crippen molar-refractivity contribution in [3.8, 4) is 0 Å². The number of carbonyl (C=O) groups excluding carboxylic acids is 1. The van der Waals surface area contributed by atoms with Crippen LogP contribution >= 0.6 is 11.6 Å². The number of hydrogen-bond donors (Lipinski definition) is 2. The van der Waals surface area contributed by atoms with Crippen molar-refractivity contribution in [1.29, 1.82) is 0 Å². The maximum absolute atomic E-state index is 11.5. The Morgan fingerprint density at radius 2 is 1.81 bits per heavy atom. The minimum absolute atomic E-state index is 0.0636. The van der Waals surface area contributed by atoms with Gasteiger partial charge in [-0.1, -0.05) is 29.8 Å². The van der Waals surface area contributed by atoms with Crippen LogP contribution in [0.1, 0.15) is 27.0 Å². The third kappa shape index (κ3) is 4.31. The lowest BCUT2D eigenvalue weighted by Gasteiger charge is -2.09. The average molecular weight is 303 g/mol. The molecule has 2 aromatic carbocycles. The summed E-state index contributed by atoms with van der Waals surface area (Å²) in [6, 6.07) is 13.5. The van der Waals surface area contributed by atoms with Gasteiger partial charge in [0.15, 0.2) is 0 Å². The van der Waals surface area contributed by atoms with Crippen LogP contribution in [0.3, 0.4) is 0 Å². The van der Waals surface area contributed by atoms with E-state index < -0.39 is 0 Å². The Morgan fingerprint density at radius 1 is 1.10 bits per heavy atom. The Kier molecular flexibility index (Phi) is 5.37. The summed E-state index contributed by atoms with van der Waals surface area (Å²) in [4.78, 5) is 11.5. The van der Waals surface area contributed by atoms with E-state index in [1.54, 1.807) is 7.05 Å². The summed E-state index contributed by atoms with van der Waals surface area (Å²) in [6.45, 7) is 3.61. The second kappa shape index (κ2) is 7.25. The van der Waals surface area contributed by atoms with Gasteiger partial charge in [-0.2, -0.15) is 0 Å². The van der Waals surface area contributed by atoms with Crippen molar-refractivity contribution in [3.05, 3.63) is 69.7 Å². The molecule has 0 unspecified atom stereocenters. The molecule has 2 N–H and O–H groups in total. The number of hydrogen-bond acceptors (Lipinski definition) is 2. The molecule has 2 aromatic rings. The van der Waals surface area contributed by atoms with Crippen LogP contribution in [0.2, 0.25) is 5.02 Å². The fraction of sp³-hybridized carbons (Fsp3) is 0.235. The Balaban J connectivity index is 1.90. The molecule has 0 bridgehead atoms. The molecule has 0 spiro atoms. The van der Waals surface area contributed by atoms with Gasteiger partial charge in [0.05, 0.1) is 0 Å². The molecule has 2 rings (SSSR count). The second-order valence-electron chi connectivity index (χ2n) is 4.95. The molecule has 0 aliphatic rings. The normalized spacial score (nSPS) is 10.4. The van der Waals surface area contributed by atoms with Crippen molar-refractivity contribution in [3.63, 3.8) is 0 Å². The van der Waals surface area contributed by atoms with Crippen LogP contribution in [-0.2, 0) is 13.1 Å². The fourth-order valence-corrected chi connectivity index (χ4v) is 2.34. The molecule has 0 atom stereocenters. The molecule has 110 valence electrons. The van der Waals surface area contributed by atoms with Crippen molar-refractivity contribution in [2.24, 2.45) is 0 Å². The third-order valence-corrected chi connectivity index (χ3v) is 3.63. The minimum Gasteiger partial charge on any atom is -0.355 e. The molecule has 21 heavy (non-hydrogen) atoms. The van der Waals surface area contributed by atoms with Gasteiger partial charge in [0.25, 0.3) is 5.91 Å². The highest BCUT2D eigenvalue weighted by Crippen LogP contribution is 2.15. The smallest absolute Gasteiger partial charge is 0.251 e. The maximum atomic E-state index is 11.5. The van der Waals surface area contributed by atoms with E-state index in [9.17, 15) is 4.79 Å². The first-order valence-electron chi connectivity index (χ1n) is 6.87. The summed E-state index contributed by atoms with van der Waals surface area (Å²) in [7, 11) is 1.63. The van der Waals surface area contributed by atoms with Crippen LogP contribution in [0.4, 0.5) is 0 Å². The number of halogens is 1. The van der Waals surface area contributed by atoms with E-state index >= 15 is 0 Å². The molecule has 0 aliphatic heterocycles. The number of nitrogens with one attached hydrogen (secondary N) is 2. The summed E-state index contributed by atoms with van der Waals surface area (Å²) >= 11 is 5.95. The first-order chi connectivity index (χ1) is 10.1. The van der Waals surface area contributed by atoms with E-state index in [-0.39, 0.29) is 5.91 Å². The largest absolute Gasteiger partial charge is 0.355 e. The van der Waals surface area contributed by atoms with Gasteiger partial charge in [0, 0.05) is 30.7 Å². The van der Waals surface area contributed by atoms with Crippen molar-refractivity contribution in [1.82, 2.24) is 10.6 Å². The molecule has 0 aromatic heterocycles. The summed E-state index contributed by atoms with van der Waals surface area (Å²) in [5, 5.41) is 6.77. The third-order valence-electron chi connectivity index (χ3n) is 3.39. The molecular weight excluding hydrogens is 284 g/mol. The summed E-state index contributed by atoms with van der Waals surface area (Å²) < 4.78 is 0. The Labute approximate surface area is 130 Å². The number of benzene rings is 2. The van der Waals surface area contributed by atoms with Crippen molar-refractivity contribution >= 4 is 17.5 Å². The highest BCUT2D eigenvalue weighted by Gasteiger charge is 2.03. The molecule has 0 aliphatic carbocycles. The van der Waals surface area contributed by atoms with E-state index in [1.165, 1.54) is 11.1 Å². The number of aryl methyl sites for hydroxylation is 1. The van der Waals surface area contributed by atoms with Gasteiger partial charge in [-0.15, -0.1) is 0 Å². The minimum atomic E-state index is -0.0636. The van der Waals surface area contributed by atoms with Crippen LogP contribution in [0.15, 0.2) is 42.5 Å². The van der Waals surface area contributed by atoms with Crippen LogP contribution in [0, 0.1) is 6.92 Å². The molecule has 0 radical (unpaired) electrons. The van der Waals surface area contributed by atoms with E-state index in [0.29, 0.717) is 5.56 Å². The monoisotopic (exact) mass is 302 g/mol. The Morgan fingerprint density at radius 3 is 2.43 bits per heavy atom. The van der Waals surface area contributed by atoms with Gasteiger partial charge in [-0.25, -0.2) is 0 Å². The molecule has 0 fully saturated rings. The van der Waals surface area contributed by atoms with E-state index in [4.69, 9.17) is 11.6 Å². The average Bonchev–Trinajstić information content (AvgIpc) is 2.49. The zero-order chi connectivity index (χ0) is 15.2. The predicted octanol–water partition coefficient (Wildman–Crippen LogP) is 3.30. The molecule has 0 saturated carbocycles. The summed E-state index contributed by atoms with van der Waals surface area (Å²) in [5.41, 5.74) is 4.25. The predicted molar refractivity (Wildman–Crippen MR) is 86.6 cm³/mol. The van der Waals surface area contributed by atoms with Gasteiger partial charge < -0.3 is 10.6 Å². The molecule has 3 nitrogen and oxygen atoms in total. The summed E-state index contributed by atoms with van der Waals surface area (Å²) in [5.74, 6) is -0.0636. The first-order valence-corrected chi connectivity index (χ1v) is 7.24. The van der Waals surface area contributed by atoms with Gasteiger partial charge in [0.1, 0.15) is 0 Å². The second-order valence-corrected chi connectivity index (χ2v) is 5.39. The number of amides is 1. The highest BCUT2D eigenvalue weighted by molar-refractivity contribution is 6.30. The van der Waals surface area contributed by atoms with Gasteiger partial charge >= 0.3 is 0 Å². The number of carbonyl (C=O) groups is 1. The van der Waals surface area contributed by atoms with Crippen LogP contribution in [0.5, 0.6) is 0 Å². The number of rotatable bonds is 5. The Bertz CT molecular complexity index is 623. The molecular formula is C17H19ClN2O. The van der Waals surface area contributed by atoms with Gasteiger partial charge in [-0.05, 0) is 47.9 Å². The molecule has 1 amide bonds.